The van der Waals surface area contributed by atoms with Gasteiger partial charge in [0.15, 0.2) is 0 Å². The van der Waals surface area contributed by atoms with Crippen molar-refractivity contribution in [3.05, 3.63) is 42.5 Å². The predicted octanol–water partition coefficient (Wildman–Crippen LogP) is 1.76. The van der Waals surface area contributed by atoms with Crippen molar-refractivity contribution in [2.24, 2.45) is 7.05 Å². The van der Waals surface area contributed by atoms with Crippen molar-refractivity contribution in [1.29, 1.82) is 0 Å². The lowest BCUT2D eigenvalue weighted by Crippen LogP contribution is -2.12. The molecule has 2 rings (SSSR count). The molecule has 0 radical (unpaired) electrons. The van der Waals surface area contributed by atoms with Gasteiger partial charge in [-0.3, -0.25) is 4.21 Å². The Morgan fingerprint density at radius 1 is 1.25 bits per heavy atom. The molecule has 1 heterocycles. The molecule has 5 nitrogen and oxygen atoms in total. The van der Waals surface area contributed by atoms with Gasteiger partial charge in [-0.2, -0.15) is 0 Å². The molecule has 0 fully saturated rings. The Bertz CT molecular complexity index is 566. The summed E-state index contributed by atoms with van der Waals surface area (Å²) in [4.78, 5) is 4.16. The maximum Gasteiger partial charge on any atom is 0.121 e. The molecule has 1 aromatic heterocycles. The van der Waals surface area contributed by atoms with Gasteiger partial charge in [-0.1, -0.05) is 0 Å². The Balaban J connectivity index is 1.75. The van der Waals surface area contributed by atoms with Crippen LogP contribution in [0.4, 0.5) is 0 Å². The van der Waals surface area contributed by atoms with Crippen LogP contribution in [0.1, 0.15) is 5.82 Å². The Hall–Kier alpha value is -1.82. The summed E-state index contributed by atoms with van der Waals surface area (Å²) in [5.74, 6) is 3.30. The zero-order chi connectivity index (χ0) is 14.4. The molecule has 20 heavy (non-hydrogen) atoms. The quantitative estimate of drug-likeness (QED) is 0.781. The molecular weight excluding hydrogens is 276 g/mol. The molecule has 108 valence electrons. The van der Waals surface area contributed by atoms with Crippen molar-refractivity contribution in [3.63, 3.8) is 0 Å². The van der Waals surface area contributed by atoms with Gasteiger partial charge in [0.1, 0.15) is 17.3 Å². The van der Waals surface area contributed by atoms with Crippen molar-refractivity contribution < 1.29 is 13.7 Å². The minimum absolute atomic E-state index is 0.420. The monoisotopic (exact) mass is 294 g/mol. The summed E-state index contributed by atoms with van der Waals surface area (Å²) in [7, 11) is 2.55. The van der Waals surface area contributed by atoms with E-state index in [9.17, 15) is 4.21 Å². The van der Waals surface area contributed by atoms with Gasteiger partial charge in [0.05, 0.1) is 25.2 Å². The van der Waals surface area contributed by atoms with E-state index in [0.717, 1.165) is 17.3 Å². The smallest absolute Gasteiger partial charge is 0.121 e. The second-order valence-electron chi connectivity index (χ2n) is 4.27. The van der Waals surface area contributed by atoms with Gasteiger partial charge in [-0.15, -0.1) is 0 Å². The van der Waals surface area contributed by atoms with Gasteiger partial charge in [-0.25, -0.2) is 4.98 Å². The molecular formula is C14H18N2O3S. The van der Waals surface area contributed by atoms with Gasteiger partial charge in [-0.05, 0) is 24.3 Å². The number of aromatic nitrogens is 2. The average Bonchev–Trinajstić information content (AvgIpc) is 2.85. The summed E-state index contributed by atoms with van der Waals surface area (Å²) in [6, 6.07) is 7.33. The van der Waals surface area contributed by atoms with Crippen LogP contribution < -0.4 is 9.47 Å². The molecule has 2 aromatic rings. The number of ether oxygens (including phenoxy) is 2. The maximum atomic E-state index is 11.9. The van der Waals surface area contributed by atoms with Crippen LogP contribution in [0.5, 0.6) is 11.5 Å². The minimum Gasteiger partial charge on any atom is -0.497 e. The molecule has 0 aliphatic heterocycles. The van der Waals surface area contributed by atoms with Crippen LogP contribution in [0.15, 0.2) is 36.7 Å². The van der Waals surface area contributed by atoms with Gasteiger partial charge in [0.2, 0.25) is 0 Å². The summed E-state index contributed by atoms with van der Waals surface area (Å²) in [6.45, 7) is 0.420. The van der Waals surface area contributed by atoms with E-state index in [1.54, 1.807) is 13.3 Å². The first-order chi connectivity index (χ1) is 9.69. The van der Waals surface area contributed by atoms with Crippen molar-refractivity contribution >= 4 is 10.8 Å². The van der Waals surface area contributed by atoms with Crippen molar-refractivity contribution in [2.45, 2.75) is 5.75 Å². The maximum absolute atomic E-state index is 11.9. The summed E-state index contributed by atoms with van der Waals surface area (Å²) >= 11 is 0. The average molecular weight is 294 g/mol. The zero-order valence-electron chi connectivity index (χ0n) is 11.6. The molecule has 0 aliphatic carbocycles. The Labute approximate surface area is 121 Å². The third-order valence-electron chi connectivity index (χ3n) is 2.85. The van der Waals surface area contributed by atoms with Crippen LogP contribution in [-0.4, -0.2) is 33.2 Å². The highest BCUT2D eigenvalue weighted by Crippen LogP contribution is 2.16. The molecule has 0 bridgehead atoms. The van der Waals surface area contributed by atoms with Crippen LogP contribution in [0.25, 0.3) is 0 Å². The van der Waals surface area contributed by atoms with Crippen LogP contribution in [-0.2, 0) is 23.6 Å². The first-order valence-electron chi connectivity index (χ1n) is 6.27. The highest BCUT2D eigenvalue weighted by molar-refractivity contribution is 7.84. The molecule has 1 aromatic carbocycles. The minimum atomic E-state index is -0.972. The number of aryl methyl sites for hydroxylation is 1. The summed E-state index contributed by atoms with van der Waals surface area (Å²) in [6.07, 6.45) is 3.56. The first kappa shape index (κ1) is 14.6. The lowest BCUT2D eigenvalue weighted by Gasteiger charge is -2.07. The van der Waals surface area contributed by atoms with E-state index in [-0.39, 0.29) is 0 Å². The van der Waals surface area contributed by atoms with Gasteiger partial charge >= 0.3 is 0 Å². The van der Waals surface area contributed by atoms with Gasteiger partial charge in [0, 0.05) is 30.2 Å². The lowest BCUT2D eigenvalue weighted by molar-refractivity contribution is 0.341. The van der Waals surface area contributed by atoms with Crippen LogP contribution in [0.3, 0.4) is 0 Å². The van der Waals surface area contributed by atoms with Crippen LogP contribution in [0, 0.1) is 0 Å². The molecule has 0 saturated heterocycles. The molecule has 0 amide bonds. The summed E-state index contributed by atoms with van der Waals surface area (Å²) in [5.41, 5.74) is 0. The molecule has 0 unspecified atom stereocenters. The van der Waals surface area contributed by atoms with Crippen molar-refractivity contribution in [2.75, 3.05) is 19.5 Å². The SMILES string of the molecule is COc1ccc(OCC[S@@](=O)Cc2nccn2C)cc1. The van der Waals surface area contributed by atoms with Gasteiger partial charge < -0.3 is 14.0 Å². The molecule has 0 aliphatic rings. The molecule has 0 spiro atoms. The van der Waals surface area contributed by atoms with E-state index in [0.29, 0.717) is 18.1 Å². The molecule has 6 heteroatoms. The van der Waals surface area contributed by atoms with Crippen molar-refractivity contribution in [3.8, 4) is 11.5 Å². The number of hydrogen-bond donors (Lipinski definition) is 0. The van der Waals surface area contributed by atoms with Crippen molar-refractivity contribution in [1.82, 2.24) is 9.55 Å². The fraction of sp³-hybridized carbons (Fsp3) is 0.357. The highest BCUT2D eigenvalue weighted by Gasteiger charge is 2.06. The van der Waals surface area contributed by atoms with Crippen LogP contribution in [0.2, 0.25) is 0 Å². The topological polar surface area (TPSA) is 53.4 Å². The number of nitrogens with zero attached hydrogens (tertiary/aromatic N) is 2. The Morgan fingerprint density at radius 2 is 1.95 bits per heavy atom. The number of rotatable bonds is 7. The van der Waals surface area contributed by atoms with E-state index >= 15 is 0 Å². The molecule has 0 N–H and O–H groups in total. The number of imidazole rings is 1. The standard InChI is InChI=1S/C14H18N2O3S/c1-16-8-7-15-14(16)11-20(17)10-9-19-13-5-3-12(18-2)4-6-13/h3-8H,9-11H2,1-2H3/t20-/m1/s1. The zero-order valence-corrected chi connectivity index (χ0v) is 12.4. The first-order valence-corrected chi connectivity index (χ1v) is 7.76. The number of methoxy groups -OCH3 is 1. The normalized spacial score (nSPS) is 12.1. The third-order valence-corrected chi connectivity index (χ3v) is 4.05. The van der Waals surface area contributed by atoms with E-state index < -0.39 is 10.8 Å². The molecule has 1 atom stereocenters. The number of benzene rings is 1. The lowest BCUT2D eigenvalue weighted by atomic mass is 10.3. The van der Waals surface area contributed by atoms with E-state index in [1.165, 1.54) is 0 Å². The summed E-state index contributed by atoms with van der Waals surface area (Å²) < 4.78 is 24.4. The van der Waals surface area contributed by atoms with Crippen LogP contribution >= 0.6 is 0 Å². The Morgan fingerprint density at radius 3 is 2.55 bits per heavy atom. The second-order valence-corrected chi connectivity index (χ2v) is 5.84. The Kier molecular flexibility index (Phi) is 5.17. The summed E-state index contributed by atoms with van der Waals surface area (Å²) in [5, 5.41) is 0. The largest absolute Gasteiger partial charge is 0.497 e. The highest BCUT2D eigenvalue weighted by atomic mass is 32.2. The van der Waals surface area contributed by atoms with E-state index in [2.05, 4.69) is 4.98 Å². The fourth-order valence-corrected chi connectivity index (χ4v) is 2.66. The number of hydrogen-bond acceptors (Lipinski definition) is 4. The predicted molar refractivity (Wildman–Crippen MR) is 78.4 cm³/mol. The van der Waals surface area contributed by atoms with E-state index in [1.807, 2.05) is 42.1 Å². The fourth-order valence-electron chi connectivity index (χ4n) is 1.68. The molecule has 0 saturated carbocycles. The van der Waals surface area contributed by atoms with Gasteiger partial charge in [0.25, 0.3) is 0 Å². The third kappa shape index (κ3) is 4.09. The second kappa shape index (κ2) is 7.09. The van der Waals surface area contributed by atoms with E-state index in [4.69, 9.17) is 9.47 Å².